The van der Waals surface area contributed by atoms with E-state index in [0.717, 1.165) is 17.2 Å². The van der Waals surface area contributed by atoms with Crippen LogP contribution in [-0.2, 0) is 12.7 Å². The molecule has 0 heterocycles. The van der Waals surface area contributed by atoms with Crippen LogP contribution in [0.25, 0.3) is 0 Å². The molecule has 2 nitrogen and oxygen atoms in total. The number of aryl methyl sites for hydroxylation is 1. The summed E-state index contributed by atoms with van der Waals surface area (Å²) in [6.45, 7) is 2.25. The Morgan fingerprint density at radius 3 is 2.45 bits per heavy atom. The van der Waals surface area contributed by atoms with Crippen LogP contribution in [0, 0.1) is 6.92 Å². The summed E-state index contributed by atoms with van der Waals surface area (Å²) in [5.41, 5.74) is 6.80. The molecular formula is C15H15F3N2. The van der Waals surface area contributed by atoms with Crippen LogP contribution < -0.4 is 11.1 Å². The van der Waals surface area contributed by atoms with E-state index in [-0.39, 0.29) is 11.4 Å². The topological polar surface area (TPSA) is 38.0 Å². The van der Waals surface area contributed by atoms with Crippen molar-refractivity contribution in [3.8, 4) is 0 Å². The van der Waals surface area contributed by atoms with Crippen molar-refractivity contribution < 1.29 is 13.2 Å². The summed E-state index contributed by atoms with van der Waals surface area (Å²) in [5, 5.41) is 2.83. The average molecular weight is 280 g/mol. The van der Waals surface area contributed by atoms with Gasteiger partial charge in [-0.1, -0.05) is 24.3 Å². The lowest BCUT2D eigenvalue weighted by Crippen LogP contribution is -2.11. The van der Waals surface area contributed by atoms with Gasteiger partial charge in [0.05, 0.1) is 5.56 Å². The van der Waals surface area contributed by atoms with Crippen LogP contribution in [0.15, 0.2) is 42.5 Å². The number of nitrogen functional groups attached to an aromatic ring is 1. The predicted molar refractivity (Wildman–Crippen MR) is 74.4 cm³/mol. The molecule has 0 aliphatic rings. The van der Waals surface area contributed by atoms with Gasteiger partial charge in [0.15, 0.2) is 0 Å². The second-order valence-electron chi connectivity index (χ2n) is 4.58. The van der Waals surface area contributed by atoms with Crippen molar-refractivity contribution in [2.75, 3.05) is 11.1 Å². The number of halogens is 3. The number of nitrogens with two attached hydrogens (primary N) is 1. The minimum absolute atomic E-state index is 0.0370. The van der Waals surface area contributed by atoms with Crippen molar-refractivity contribution >= 4 is 11.4 Å². The molecule has 2 aromatic carbocycles. The van der Waals surface area contributed by atoms with Gasteiger partial charge in [0.1, 0.15) is 0 Å². The van der Waals surface area contributed by atoms with E-state index in [1.165, 1.54) is 12.1 Å². The third-order valence-corrected chi connectivity index (χ3v) is 3.08. The van der Waals surface area contributed by atoms with Crippen molar-refractivity contribution in [3.63, 3.8) is 0 Å². The van der Waals surface area contributed by atoms with E-state index in [9.17, 15) is 13.2 Å². The number of anilines is 2. The molecule has 2 aromatic rings. The Kier molecular flexibility index (Phi) is 3.88. The van der Waals surface area contributed by atoms with Gasteiger partial charge < -0.3 is 11.1 Å². The number of rotatable bonds is 3. The zero-order valence-corrected chi connectivity index (χ0v) is 11.0. The summed E-state index contributed by atoms with van der Waals surface area (Å²) in [7, 11) is 0. The highest BCUT2D eigenvalue weighted by atomic mass is 19.4. The summed E-state index contributed by atoms with van der Waals surface area (Å²) in [6.07, 6.45) is -4.43. The van der Waals surface area contributed by atoms with Gasteiger partial charge in [-0.25, -0.2) is 0 Å². The first-order valence-electron chi connectivity index (χ1n) is 6.13. The van der Waals surface area contributed by atoms with Crippen LogP contribution in [0.2, 0.25) is 0 Å². The lowest BCUT2D eigenvalue weighted by atomic mass is 10.1. The molecule has 0 spiro atoms. The Labute approximate surface area is 115 Å². The Hall–Kier alpha value is -2.17. The first-order chi connectivity index (χ1) is 9.38. The summed E-state index contributed by atoms with van der Waals surface area (Å²) in [4.78, 5) is 0. The van der Waals surface area contributed by atoms with E-state index in [2.05, 4.69) is 5.32 Å². The lowest BCUT2D eigenvalue weighted by Gasteiger charge is -2.16. The number of benzene rings is 2. The molecule has 0 atom stereocenters. The molecule has 5 heteroatoms. The first-order valence-corrected chi connectivity index (χ1v) is 6.13. The fraction of sp³-hybridized carbons (Fsp3) is 0.200. The molecule has 0 amide bonds. The second-order valence-corrected chi connectivity index (χ2v) is 4.58. The Morgan fingerprint density at radius 1 is 1.10 bits per heavy atom. The van der Waals surface area contributed by atoms with Crippen molar-refractivity contribution in [1.82, 2.24) is 0 Å². The zero-order valence-electron chi connectivity index (χ0n) is 11.0. The van der Waals surface area contributed by atoms with Crippen LogP contribution in [0.3, 0.4) is 0 Å². The minimum Gasteiger partial charge on any atom is -0.399 e. The van der Waals surface area contributed by atoms with Crippen molar-refractivity contribution in [2.24, 2.45) is 0 Å². The highest BCUT2D eigenvalue weighted by Gasteiger charge is 2.33. The van der Waals surface area contributed by atoms with Crippen LogP contribution in [0.1, 0.15) is 16.7 Å². The molecule has 0 aromatic heterocycles. The molecule has 0 radical (unpaired) electrons. The highest BCUT2D eigenvalue weighted by molar-refractivity contribution is 5.59. The smallest absolute Gasteiger partial charge is 0.399 e. The van der Waals surface area contributed by atoms with Crippen LogP contribution in [-0.4, -0.2) is 0 Å². The van der Waals surface area contributed by atoms with Crippen molar-refractivity contribution in [1.29, 1.82) is 0 Å². The molecule has 0 saturated carbocycles. The monoisotopic (exact) mass is 280 g/mol. The molecule has 0 bridgehead atoms. The van der Waals surface area contributed by atoms with Crippen LogP contribution in [0.4, 0.5) is 24.5 Å². The summed E-state index contributed by atoms with van der Waals surface area (Å²) < 4.78 is 38.8. The van der Waals surface area contributed by atoms with E-state index in [4.69, 9.17) is 5.73 Å². The minimum atomic E-state index is -4.43. The number of hydrogen-bond acceptors (Lipinski definition) is 2. The third kappa shape index (κ3) is 3.23. The maximum Gasteiger partial charge on any atom is 0.418 e. The van der Waals surface area contributed by atoms with Gasteiger partial charge in [0, 0.05) is 17.9 Å². The molecule has 0 saturated heterocycles. The van der Waals surface area contributed by atoms with E-state index >= 15 is 0 Å². The van der Waals surface area contributed by atoms with Gasteiger partial charge in [-0.05, 0) is 36.2 Å². The Morgan fingerprint density at radius 2 is 1.80 bits per heavy atom. The average Bonchev–Trinajstić information content (AvgIpc) is 2.38. The summed E-state index contributed by atoms with van der Waals surface area (Å²) in [5.74, 6) is 0. The van der Waals surface area contributed by atoms with Gasteiger partial charge in [0.25, 0.3) is 0 Å². The normalized spacial score (nSPS) is 11.4. The Bertz CT molecular complexity index is 606. The fourth-order valence-electron chi connectivity index (χ4n) is 1.95. The van der Waals surface area contributed by atoms with Crippen LogP contribution >= 0.6 is 0 Å². The predicted octanol–water partition coefficient (Wildman–Crippen LogP) is 4.21. The van der Waals surface area contributed by atoms with Crippen LogP contribution in [0.5, 0.6) is 0 Å². The largest absolute Gasteiger partial charge is 0.418 e. The van der Waals surface area contributed by atoms with Gasteiger partial charge >= 0.3 is 6.18 Å². The molecule has 0 aliphatic carbocycles. The number of hydrogen-bond donors (Lipinski definition) is 2. The molecule has 106 valence electrons. The van der Waals surface area contributed by atoms with Gasteiger partial charge in [0.2, 0.25) is 0 Å². The van der Waals surface area contributed by atoms with Crippen molar-refractivity contribution in [2.45, 2.75) is 19.6 Å². The zero-order chi connectivity index (χ0) is 14.8. The Balaban J connectivity index is 2.24. The number of nitrogens with one attached hydrogen (secondary N) is 1. The van der Waals surface area contributed by atoms with Gasteiger partial charge in [-0.2, -0.15) is 13.2 Å². The number of alkyl halides is 3. The second kappa shape index (κ2) is 5.45. The van der Waals surface area contributed by atoms with Gasteiger partial charge in [-0.3, -0.25) is 0 Å². The highest BCUT2D eigenvalue weighted by Crippen LogP contribution is 2.36. The molecule has 20 heavy (non-hydrogen) atoms. The van der Waals surface area contributed by atoms with E-state index in [1.54, 1.807) is 0 Å². The molecular weight excluding hydrogens is 265 g/mol. The van der Waals surface area contributed by atoms with Crippen molar-refractivity contribution in [3.05, 3.63) is 59.2 Å². The summed E-state index contributed by atoms with van der Waals surface area (Å²) >= 11 is 0. The summed E-state index contributed by atoms with van der Waals surface area (Å²) in [6, 6.07) is 11.3. The molecule has 0 fully saturated rings. The van der Waals surface area contributed by atoms with E-state index in [1.807, 2.05) is 31.2 Å². The van der Waals surface area contributed by atoms with E-state index in [0.29, 0.717) is 6.54 Å². The maximum absolute atomic E-state index is 12.9. The maximum atomic E-state index is 12.9. The molecule has 2 rings (SSSR count). The SMILES string of the molecule is Cc1ccccc1CNc1ccc(N)cc1C(F)(F)F. The van der Waals surface area contributed by atoms with Gasteiger partial charge in [-0.15, -0.1) is 0 Å². The lowest BCUT2D eigenvalue weighted by molar-refractivity contribution is -0.136. The van der Waals surface area contributed by atoms with E-state index < -0.39 is 11.7 Å². The molecule has 0 unspecified atom stereocenters. The standard InChI is InChI=1S/C15H15F3N2/c1-10-4-2-3-5-11(10)9-20-14-7-6-12(19)8-13(14)15(16,17)18/h2-8,20H,9,19H2,1H3. The molecule has 0 aliphatic heterocycles. The first kappa shape index (κ1) is 14.2. The third-order valence-electron chi connectivity index (χ3n) is 3.08. The quantitative estimate of drug-likeness (QED) is 0.827. The molecule has 3 N–H and O–H groups in total. The fourth-order valence-corrected chi connectivity index (χ4v) is 1.95.